The third kappa shape index (κ3) is 3.32. The lowest BCUT2D eigenvalue weighted by Gasteiger charge is -2.39. The van der Waals surface area contributed by atoms with E-state index in [0.29, 0.717) is 18.1 Å². The first-order valence-electron chi connectivity index (χ1n) is 7.80. The summed E-state index contributed by atoms with van der Waals surface area (Å²) in [6, 6.07) is 0. The van der Waals surface area contributed by atoms with Crippen LogP contribution >= 0.6 is 0 Å². The van der Waals surface area contributed by atoms with Crippen LogP contribution in [0.4, 0.5) is 0 Å². The van der Waals surface area contributed by atoms with Gasteiger partial charge in [-0.2, -0.15) is 0 Å². The number of nitrogens with one attached hydrogen (secondary N) is 1. The molecule has 0 saturated carbocycles. The fourth-order valence-electron chi connectivity index (χ4n) is 3.41. The van der Waals surface area contributed by atoms with Gasteiger partial charge in [-0.15, -0.1) is 0 Å². The summed E-state index contributed by atoms with van der Waals surface area (Å²) in [5.74, 6) is 1.45. The Hall–Kier alpha value is -1.09. The Morgan fingerprint density at radius 1 is 1.35 bits per heavy atom. The van der Waals surface area contributed by atoms with E-state index < -0.39 is 0 Å². The average molecular weight is 276 g/mol. The molecule has 0 amide bonds. The summed E-state index contributed by atoms with van der Waals surface area (Å²) in [4.78, 5) is 14.6. The van der Waals surface area contributed by atoms with Crippen LogP contribution in [-0.2, 0) is 4.79 Å². The number of carbonyl (C=O) groups is 1. The Bertz CT molecular complexity index is 417. The second kappa shape index (κ2) is 6.57. The standard InChI is InChI=1S/C17H28N2O/c1-12(2)15-9-16(13(3)17(20)10-15)19-7-5-14(6-8-19)11-18-4/h14-15,18H,1,5-11H2,2-4H3. The molecule has 0 bridgehead atoms. The van der Waals surface area contributed by atoms with Crippen molar-refractivity contribution in [2.75, 3.05) is 26.7 Å². The first-order chi connectivity index (χ1) is 9.52. The summed E-state index contributed by atoms with van der Waals surface area (Å²) in [6.07, 6.45) is 4.11. The Labute approximate surface area is 123 Å². The molecular formula is C17H28N2O. The number of nitrogens with zero attached hydrogens (tertiary/aromatic N) is 1. The molecule has 1 atom stereocenters. The van der Waals surface area contributed by atoms with Crippen molar-refractivity contribution < 1.29 is 4.79 Å². The van der Waals surface area contributed by atoms with Crippen LogP contribution in [0.5, 0.6) is 0 Å². The van der Waals surface area contributed by atoms with E-state index in [2.05, 4.69) is 23.7 Å². The Morgan fingerprint density at radius 2 is 2.00 bits per heavy atom. The normalized spacial score (nSPS) is 25.2. The topological polar surface area (TPSA) is 32.3 Å². The number of carbonyl (C=O) groups excluding carboxylic acids is 1. The van der Waals surface area contributed by atoms with E-state index in [0.717, 1.165) is 43.1 Å². The van der Waals surface area contributed by atoms with Gasteiger partial charge in [-0.1, -0.05) is 12.2 Å². The number of hydrogen-bond donors (Lipinski definition) is 1. The SMILES string of the molecule is C=C(C)C1CC(=O)C(C)=C(N2CCC(CNC)CC2)C1. The molecule has 1 N–H and O–H groups in total. The largest absolute Gasteiger partial charge is 0.374 e. The third-order valence-electron chi connectivity index (χ3n) is 4.91. The average Bonchev–Trinajstić information content (AvgIpc) is 2.43. The van der Waals surface area contributed by atoms with Gasteiger partial charge < -0.3 is 10.2 Å². The van der Waals surface area contributed by atoms with Crippen molar-refractivity contribution in [1.82, 2.24) is 10.2 Å². The number of hydrogen-bond acceptors (Lipinski definition) is 3. The fourth-order valence-corrected chi connectivity index (χ4v) is 3.41. The minimum Gasteiger partial charge on any atom is -0.374 e. The van der Waals surface area contributed by atoms with Crippen molar-refractivity contribution in [2.24, 2.45) is 11.8 Å². The highest BCUT2D eigenvalue weighted by Crippen LogP contribution is 2.34. The predicted molar refractivity (Wildman–Crippen MR) is 83.5 cm³/mol. The third-order valence-corrected chi connectivity index (χ3v) is 4.91. The molecule has 0 aromatic heterocycles. The Morgan fingerprint density at radius 3 is 2.55 bits per heavy atom. The minimum absolute atomic E-state index is 0.316. The van der Waals surface area contributed by atoms with Crippen molar-refractivity contribution in [3.63, 3.8) is 0 Å². The summed E-state index contributed by atoms with van der Waals surface area (Å²) in [6.45, 7) is 11.4. The summed E-state index contributed by atoms with van der Waals surface area (Å²) < 4.78 is 0. The smallest absolute Gasteiger partial charge is 0.160 e. The van der Waals surface area contributed by atoms with Crippen LogP contribution in [0.2, 0.25) is 0 Å². The summed E-state index contributed by atoms with van der Waals surface area (Å²) >= 11 is 0. The van der Waals surface area contributed by atoms with Crippen LogP contribution in [0.1, 0.15) is 39.5 Å². The second-order valence-electron chi connectivity index (χ2n) is 6.43. The van der Waals surface area contributed by atoms with Gasteiger partial charge in [-0.05, 0) is 58.5 Å². The maximum absolute atomic E-state index is 12.2. The minimum atomic E-state index is 0.316. The number of allylic oxidation sites excluding steroid dienone is 3. The van der Waals surface area contributed by atoms with Gasteiger partial charge in [0, 0.05) is 30.8 Å². The Kier molecular flexibility index (Phi) is 5.03. The van der Waals surface area contributed by atoms with Crippen LogP contribution in [0, 0.1) is 11.8 Å². The maximum Gasteiger partial charge on any atom is 0.160 e. The predicted octanol–water partition coefficient (Wildman–Crippen LogP) is 2.75. The fraction of sp³-hybridized carbons (Fsp3) is 0.706. The molecule has 0 aromatic carbocycles. The van der Waals surface area contributed by atoms with E-state index in [1.807, 2.05) is 14.0 Å². The highest BCUT2D eigenvalue weighted by molar-refractivity contribution is 5.96. The summed E-state index contributed by atoms with van der Waals surface area (Å²) in [5, 5.41) is 3.27. The van der Waals surface area contributed by atoms with E-state index in [4.69, 9.17) is 0 Å². The molecule has 1 heterocycles. The molecule has 0 radical (unpaired) electrons. The van der Waals surface area contributed by atoms with Crippen LogP contribution in [0.25, 0.3) is 0 Å². The molecule has 112 valence electrons. The van der Waals surface area contributed by atoms with Crippen LogP contribution in [-0.4, -0.2) is 37.4 Å². The molecule has 0 spiro atoms. The zero-order chi connectivity index (χ0) is 14.7. The lowest BCUT2D eigenvalue weighted by molar-refractivity contribution is -0.116. The van der Waals surface area contributed by atoms with Crippen molar-refractivity contribution in [3.05, 3.63) is 23.4 Å². The molecule has 1 saturated heterocycles. The molecule has 1 fully saturated rings. The zero-order valence-corrected chi connectivity index (χ0v) is 13.2. The highest BCUT2D eigenvalue weighted by atomic mass is 16.1. The van der Waals surface area contributed by atoms with Crippen molar-refractivity contribution >= 4 is 5.78 Å². The van der Waals surface area contributed by atoms with E-state index >= 15 is 0 Å². The van der Waals surface area contributed by atoms with E-state index in [-0.39, 0.29) is 0 Å². The Balaban J connectivity index is 2.05. The van der Waals surface area contributed by atoms with E-state index in [1.165, 1.54) is 18.5 Å². The van der Waals surface area contributed by atoms with Crippen LogP contribution in [0.3, 0.4) is 0 Å². The van der Waals surface area contributed by atoms with Crippen molar-refractivity contribution in [1.29, 1.82) is 0 Å². The van der Waals surface area contributed by atoms with Gasteiger partial charge in [0.1, 0.15) is 0 Å². The summed E-state index contributed by atoms with van der Waals surface area (Å²) in [7, 11) is 2.02. The van der Waals surface area contributed by atoms with Crippen molar-refractivity contribution in [3.8, 4) is 0 Å². The van der Waals surface area contributed by atoms with Crippen LogP contribution < -0.4 is 5.32 Å². The monoisotopic (exact) mass is 276 g/mol. The molecule has 1 aliphatic heterocycles. The van der Waals surface area contributed by atoms with Gasteiger partial charge in [-0.25, -0.2) is 0 Å². The van der Waals surface area contributed by atoms with Crippen molar-refractivity contribution in [2.45, 2.75) is 39.5 Å². The number of Topliss-reactive ketones (excluding diaryl/α,β-unsaturated/α-hetero) is 1. The molecule has 3 nitrogen and oxygen atoms in total. The molecule has 0 aromatic rings. The molecular weight excluding hydrogens is 248 g/mol. The molecule has 1 unspecified atom stereocenters. The first kappa shape index (κ1) is 15.3. The van der Waals surface area contributed by atoms with Gasteiger partial charge in [0.15, 0.2) is 5.78 Å². The lowest BCUT2D eigenvalue weighted by Crippen LogP contribution is -2.38. The zero-order valence-electron chi connectivity index (χ0n) is 13.2. The molecule has 3 heteroatoms. The number of rotatable bonds is 4. The van der Waals surface area contributed by atoms with Crippen LogP contribution in [0.15, 0.2) is 23.4 Å². The number of piperidine rings is 1. The van der Waals surface area contributed by atoms with Gasteiger partial charge in [0.05, 0.1) is 0 Å². The number of likely N-dealkylation sites (tertiary alicyclic amines) is 1. The van der Waals surface area contributed by atoms with Gasteiger partial charge in [0.2, 0.25) is 0 Å². The van der Waals surface area contributed by atoms with Gasteiger partial charge >= 0.3 is 0 Å². The van der Waals surface area contributed by atoms with E-state index in [9.17, 15) is 4.79 Å². The highest BCUT2D eigenvalue weighted by Gasteiger charge is 2.30. The second-order valence-corrected chi connectivity index (χ2v) is 6.43. The quantitative estimate of drug-likeness (QED) is 0.801. The maximum atomic E-state index is 12.2. The van der Waals surface area contributed by atoms with Gasteiger partial charge in [0.25, 0.3) is 0 Å². The van der Waals surface area contributed by atoms with E-state index in [1.54, 1.807) is 0 Å². The number of ketones is 1. The molecule has 1 aliphatic carbocycles. The lowest BCUT2D eigenvalue weighted by atomic mass is 9.82. The molecule has 2 aliphatic rings. The summed E-state index contributed by atoms with van der Waals surface area (Å²) in [5.41, 5.74) is 3.43. The molecule has 20 heavy (non-hydrogen) atoms. The van der Waals surface area contributed by atoms with Gasteiger partial charge in [-0.3, -0.25) is 4.79 Å². The molecule has 2 rings (SSSR count). The first-order valence-corrected chi connectivity index (χ1v) is 7.80.